The predicted molar refractivity (Wildman–Crippen MR) is 66.9 cm³/mol. The lowest BCUT2D eigenvalue weighted by Crippen LogP contribution is -1.98. The SMILES string of the molecule is Cc1cc(Sc2nncn2C)c([C@H](C)O)cc1F. The number of hydrogen-bond donors (Lipinski definition) is 1. The third kappa shape index (κ3) is 2.54. The maximum Gasteiger partial charge on any atom is 0.195 e. The van der Waals surface area contributed by atoms with Crippen LogP contribution in [0.3, 0.4) is 0 Å². The summed E-state index contributed by atoms with van der Waals surface area (Å²) >= 11 is 1.36. The summed E-state index contributed by atoms with van der Waals surface area (Å²) in [5, 5.41) is 18.1. The molecule has 0 spiro atoms. The van der Waals surface area contributed by atoms with Gasteiger partial charge in [-0.3, -0.25) is 0 Å². The second-order valence-electron chi connectivity index (χ2n) is 4.14. The second kappa shape index (κ2) is 5.07. The average Bonchev–Trinajstić information content (AvgIpc) is 2.69. The third-order valence-electron chi connectivity index (χ3n) is 2.61. The monoisotopic (exact) mass is 267 g/mol. The number of aromatic nitrogens is 3. The van der Waals surface area contributed by atoms with E-state index in [9.17, 15) is 9.50 Å². The van der Waals surface area contributed by atoms with Crippen molar-refractivity contribution in [2.45, 2.75) is 30.0 Å². The van der Waals surface area contributed by atoms with Crippen molar-refractivity contribution in [3.63, 3.8) is 0 Å². The largest absolute Gasteiger partial charge is 0.389 e. The van der Waals surface area contributed by atoms with Gasteiger partial charge >= 0.3 is 0 Å². The Bertz CT molecular complexity index is 568. The lowest BCUT2D eigenvalue weighted by atomic mass is 10.1. The number of halogens is 1. The van der Waals surface area contributed by atoms with Crippen molar-refractivity contribution >= 4 is 11.8 Å². The number of aliphatic hydroxyl groups excluding tert-OH is 1. The number of nitrogens with zero attached hydrogens (tertiary/aromatic N) is 3. The molecule has 0 radical (unpaired) electrons. The average molecular weight is 267 g/mol. The van der Waals surface area contributed by atoms with Gasteiger partial charge in [0.25, 0.3) is 0 Å². The van der Waals surface area contributed by atoms with Crippen LogP contribution in [0, 0.1) is 12.7 Å². The zero-order chi connectivity index (χ0) is 13.3. The van der Waals surface area contributed by atoms with Crippen molar-refractivity contribution in [2.75, 3.05) is 0 Å². The number of aliphatic hydroxyl groups is 1. The van der Waals surface area contributed by atoms with E-state index in [4.69, 9.17) is 0 Å². The lowest BCUT2D eigenvalue weighted by molar-refractivity contribution is 0.196. The van der Waals surface area contributed by atoms with Gasteiger partial charge in [-0.2, -0.15) is 0 Å². The minimum atomic E-state index is -0.726. The molecule has 96 valence electrons. The van der Waals surface area contributed by atoms with Crippen LogP contribution in [-0.2, 0) is 7.05 Å². The molecule has 0 saturated heterocycles. The van der Waals surface area contributed by atoms with E-state index in [0.717, 1.165) is 4.90 Å². The summed E-state index contributed by atoms with van der Waals surface area (Å²) in [6.45, 7) is 3.31. The van der Waals surface area contributed by atoms with Gasteiger partial charge in [-0.25, -0.2) is 4.39 Å². The fourth-order valence-corrected chi connectivity index (χ4v) is 2.61. The Labute approximate surface area is 109 Å². The van der Waals surface area contributed by atoms with Crippen LogP contribution in [0.15, 0.2) is 28.5 Å². The Balaban J connectivity index is 2.43. The van der Waals surface area contributed by atoms with Gasteiger partial charge in [-0.1, -0.05) is 0 Å². The highest BCUT2D eigenvalue weighted by Crippen LogP contribution is 2.33. The van der Waals surface area contributed by atoms with Crippen molar-refractivity contribution in [1.29, 1.82) is 0 Å². The van der Waals surface area contributed by atoms with Crippen LogP contribution in [-0.4, -0.2) is 19.9 Å². The summed E-state index contributed by atoms with van der Waals surface area (Å²) in [5.74, 6) is -0.312. The zero-order valence-corrected chi connectivity index (χ0v) is 11.2. The standard InChI is InChI=1S/C12H14FN3OS/c1-7-4-11(9(8(2)17)5-10(7)13)18-12-15-14-6-16(12)3/h4-6,8,17H,1-3H3/t8-/m0/s1. The van der Waals surface area contributed by atoms with Gasteiger partial charge in [-0.05, 0) is 48.9 Å². The first kappa shape index (κ1) is 13.0. The Morgan fingerprint density at radius 2 is 2.17 bits per heavy atom. The van der Waals surface area contributed by atoms with Crippen molar-refractivity contribution in [2.24, 2.45) is 7.05 Å². The molecule has 18 heavy (non-hydrogen) atoms. The van der Waals surface area contributed by atoms with E-state index in [1.54, 1.807) is 30.8 Å². The highest BCUT2D eigenvalue weighted by molar-refractivity contribution is 7.99. The first-order valence-corrected chi connectivity index (χ1v) is 6.30. The summed E-state index contributed by atoms with van der Waals surface area (Å²) in [4.78, 5) is 0.792. The molecule has 0 fully saturated rings. The fraction of sp³-hybridized carbons (Fsp3) is 0.333. The van der Waals surface area contributed by atoms with E-state index in [1.165, 1.54) is 17.8 Å². The number of aryl methyl sites for hydroxylation is 2. The normalized spacial score (nSPS) is 12.7. The molecule has 0 amide bonds. The van der Waals surface area contributed by atoms with Gasteiger partial charge in [0.1, 0.15) is 12.1 Å². The summed E-state index contributed by atoms with van der Waals surface area (Å²) in [6, 6.07) is 3.09. The van der Waals surface area contributed by atoms with Crippen molar-refractivity contribution < 1.29 is 9.50 Å². The van der Waals surface area contributed by atoms with Gasteiger partial charge in [0.2, 0.25) is 0 Å². The fourth-order valence-electron chi connectivity index (χ4n) is 1.55. The predicted octanol–water partition coefficient (Wildman–Crippen LogP) is 2.47. The maximum atomic E-state index is 13.5. The molecule has 2 aromatic rings. The molecule has 0 aliphatic rings. The van der Waals surface area contributed by atoms with Crippen LogP contribution in [0.5, 0.6) is 0 Å². The molecule has 1 aromatic carbocycles. The molecule has 6 heteroatoms. The molecule has 0 aliphatic carbocycles. The van der Waals surface area contributed by atoms with E-state index >= 15 is 0 Å². The minimum Gasteiger partial charge on any atom is -0.389 e. The van der Waals surface area contributed by atoms with Crippen LogP contribution < -0.4 is 0 Å². The molecule has 1 atom stereocenters. The molecule has 0 saturated carbocycles. The van der Waals surface area contributed by atoms with E-state index in [1.807, 2.05) is 7.05 Å². The zero-order valence-electron chi connectivity index (χ0n) is 10.4. The van der Waals surface area contributed by atoms with Gasteiger partial charge in [0.15, 0.2) is 5.16 Å². The molecule has 4 nitrogen and oxygen atoms in total. The van der Waals surface area contributed by atoms with E-state index < -0.39 is 6.10 Å². The minimum absolute atomic E-state index is 0.312. The van der Waals surface area contributed by atoms with Crippen molar-refractivity contribution in [1.82, 2.24) is 14.8 Å². The molecule has 1 heterocycles. The Morgan fingerprint density at radius 3 is 2.72 bits per heavy atom. The summed E-state index contributed by atoms with van der Waals surface area (Å²) < 4.78 is 15.3. The molecule has 2 rings (SSSR count). The molecule has 0 unspecified atom stereocenters. The van der Waals surface area contributed by atoms with Crippen LogP contribution in [0.2, 0.25) is 0 Å². The molecule has 0 aliphatic heterocycles. The Kier molecular flexibility index (Phi) is 3.68. The van der Waals surface area contributed by atoms with Crippen molar-refractivity contribution in [3.05, 3.63) is 35.4 Å². The van der Waals surface area contributed by atoms with Gasteiger partial charge in [0, 0.05) is 11.9 Å². The van der Waals surface area contributed by atoms with Gasteiger partial charge in [0.05, 0.1) is 6.10 Å². The molecule has 1 N–H and O–H groups in total. The summed E-state index contributed by atoms with van der Waals surface area (Å²) in [7, 11) is 1.83. The first-order chi connectivity index (χ1) is 8.49. The Hall–Kier alpha value is -1.40. The van der Waals surface area contributed by atoms with Gasteiger partial charge < -0.3 is 9.67 Å². The number of rotatable bonds is 3. The lowest BCUT2D eigenvalue weighted by Gasteiger charge is -2.12. The molecular formula is C12H14FN3OS. The maximum absolute atomic E-state index is 13.5. The van der Waals surface area contributed by atoms with E-state index in [0.29, 0.717) is 16.3 Å². The Morgan fingerprint density at radius 1 is 1.44 bits per heavy atom. The topological polar surface area (TPSA) is 50.9 Å². The highest BCUT2D eigenvalue weighted by Gasteiger charge is 2.14. The summed E-state index contributed by atoms with van der Waals surface area (Å²) in [5.41, 5.74) is 1.11. The molecular weight excluding hydrogens is 253 g/mol. The molecule has 1 aromatic heterocycles. The van der Waals surface area contributed by atoms with Gasteiger partial charge in [-0.15, -0.1) is 10.2 Å². The van der Waals surface area contributed by atoms with E-state index in [-0.39, 0.29) is 5.82 Å². The number of hydrogen-bond acceptors (Lipinski definition) is 4. The third-order valence-corrected chi connectivity index (χ3v) is 3.74. The summed E-state index contributed by atoms with van der Waals surface area (Å²) in [6.07, 6.45) is 0.872. The van der Waals surface area contributed by atoms with Crippen LogP contribution in [0.1, 0.15) is 24.2 Å². The highest BCUT2D eigenvalue weighted by atomic mass is 32.2. The second-order valence-corrected chi connectivity index (χ2v) is 5.15. The first-order valence-electron chi connectivity index (χ1n) is 5.49. The van der Waals surface area contributed by atoms with Crippen LogP contribution in [0.4, 0.5) is 4.39 Å². The quantitative estimate of drug-likeness (QED) is 0.928. The van der Waals surface area contributed by atoms with E-state index in [2.05, 4.69) is 10.2 Å². The molecule has 0 bridgehead atoms. The van der Waals surface area contributed by atoms with Crippen molar-refractivity contribution in [3.8, 4) is 0 Å². The number of benzene rings is 1. The smallest absolute Gasteiger partial charge is 0.195 e. The van der Waals surface area contributed by atoms with Crippen LogP contribution in [0.25, 0.3) is 0 Å². The van der Waals surface area contributed by atoms with Crippen LogP contribution >= 0.6 is 11.8 Å².